The number of nitrogens with zero attached hydrogens (tertiary/aromatic N) is 2. The standard InChI is InChI=1S/C21H21BrN4O/c1-23-20-16-10-9-15(13-6-4-3-5-7-13)19(16)25-21(26-20)24-17-11-8-14(22)12-18(17)27-2/h3-8,11-12,15H,9-10H2,1-2H3,(H2,23,24,25,26). The highest BCUT2D eigenvalue weighted by atomic mass is 79.9. The van der Waals surface area contributed by atoms with Gasteiger partial charge in [0.2, 0.25) is 5.95 Å². The van der Waals surface area contributed by atoms with E-state index < -0.39 is 0 Å². The van der Waals surface area contributed by atoms with E-state index in [0.29, 0.717) is 11.9 Å². The molecule has 1 aliphatic rings. The summed E-state index contributed by atoms with van der Waals surface area (Å²) in [7, 11) is 3.56. The topological polar surface area (TPSA) is 59.1 Å². The smallest absolute Gasteiger partial charge is 0.229 e. The third-order valence-electron chi connectivity index (χ3n) is 4.90. The molecule has 0 aliphatic heterocycles. The fraction of sp³-hybridized carbons (Fsp3) is 0.238. The van der Waals surface area contributed by atoms with Gasteiger partial charge in [-0.15, -0.1) is 0 Å². The van der Waals surface area contributed by atoms with Gasteiger partial charge < -0.3 is 15.4 Å². The fourth-order valence-corrected chi connectivity index (χ4v) is 3.96. The molecule has 6 heteroatoms. The zero-order chi connectivity index (χ0) is 18.8. The van der Waals surface area contributed by atoms with Crippen LogP contribution in [0.4, 0.5) is 17.5 Å². The molecule has 0 amide bonds. The monoisotopic (exact) mass is 424 g/mol. The number of ether oxygens (including phenoxy) is 1. The van der Waals surface area contributed by atoms with Crippen LogP contribution in [0.1, 0.15) is 29.2 Å². The van der Waals surface area contributed by atoms with Gasteiger partial charge in [0.05, 0.1) is 18.5 Å². The molecule has 2 N–H and O–H groups in total. The second kappa shape index (κ2) is 7.56. The molecule has 2 aromatic carbocycles. The van der Waals surface area contributed by atoms with Crippen LogP contribution in [0.3, 0.4) is 0 Å². The van der Waals surface area contributed by atoms with Crippen molar-refractivity contribution in [3.63, 3.8) is 0 Å². The van der Waals surface area contributed by atoms with E-state index in [1.54, 1.807) is 7.11 Å². The molecule has 1 heterocycles. The van der Waals surface area contributed by atoms with Crippen molar-refractivity contribution in [2.24, 2.45) is 0 Å². The van der Waals surface area contributed by atoms with Crippen LogP contribution in [0.25, 0.3) is 0 Å². The number of fused-ring (bicyclic) bond motifs is 1. The van der Waals surface area contributed by atoms with Crippen molar-refractivity contribution < 1.29 is 4.74 Å². The highest BCUT2D eigenvalue weighted by molar-refractivity contribution is 9.10. The summed E-state index contributed by atoms with van der Waals surface area (Å²) in [5, 5.41) is 6.55. The van der Waals surface area contributed by atoms with Crippen molar-refractivity contribution in [1.82, 2.24) is 9.97 Å². The Balaban J connectivity index is 1.74. The summed E-state index contributed by atoms with van der Waals surface area (Å²) in [5.74, 6) is 2.49. The van der Waals surface area contributed by atoms with Crippen LogP contribution in [0.15, 0.2) is 53.0 Å². The molecule has 1 unspecified atom stereocenters. The molecule has 27 heavy (non-hydrogen) atoms. The van der Waals surface area contributed by atoms with Crippen LogP contribution in [-0.4, -0.2) is 24.1 Å². The molecule has 138 valence electrons. The van der Waals surface area contributed by atoms with Gasteiger partial charge in [-0.05, 0) is 36.6 Å². The lowest BCUT2D eigenvalue weighted by molar-refractivity contribution is 0.416. The Kier molecular flexibility index (Phi) is 4.99. The molecule has 3 aromatic rings. The van der Waals surface area contributed by atoms with Crippen molar-refractivity contribution in [2.75, 3.05) is 24.8 Å². The molecule has 0 fully saturated rings. The largest absolute Gasteiger partial charge is 0.495 e. The molecule has 0 saturated carbocycles. The number of aromatic nitrogens is 2. The van der Waals surface area contributed by atoms with E-state index in [4.69, 9.17) is 9.72 Å². The first-order chi connectivity index (χ1) is 13.2. The van der Waals surface area contributed by atoms with Crippen molar-refractivity contribution in [2.45, 2.75) is 18.8 Å². The number of benzene rings is 2. The van der Waals surface area contributed by atoms with E-state index in [-0.39, 0.29) is 0 Å². The summed E-state index contributed by atoms with van der Waals surface area (Å²) in [6.07, 6.45) is 2.03. The molecule has 0 radical (unpaired) electrons. The van der Waals surface area contributed by atoms with Gasteiger partial charge in [-0.3, -0.25) is 0 Å². The van der Waals surface area contributed by atoms with Crippen LogP contribution in [0, 0.1) is 0 Å². The molecule has 0 bridgehead atoms. The van der Waals surface area contributed by atoms with E-state index in [1.165, 1.54) is 11.1 Å². The lowest BCUT2D eigenvalue weighted by atomic mass is 9.97. The van der Waals surface area contributed by atoms with Crippen LogP contribution >= 0.6 is 15.9 Å². The zero-order valence-corrected chi connectivity index (χ0v) is 16.9. The fourth-order valence-electron chi connectivity index (χ4n) is 3.62. The number of halogens is 1. The molecule has 5 nitrogen and oxygen atoms in total. The van der Waals surface area contributed by atoms with Crippen LogP contribution in [0.2, 0.25) is 0 Å². The number of nitrogens with one attached hydrogen (secondary N) is 2. The lowest BCUT2D eigenvalue weighted by Gasteiger charge is -2.16. The maximum absolute atomic E-state index is 5.47. The van der Waals surface area contributed by atoms with E-state index in [2.05, 4.69) is 55.8 Å². The minimum absolute atomic E-state index is 0.295. The van der Waals surface area contributed by atoms with Crippen LogP contribution < -0.4 is 15.4 Å². The van der Waals surface area contributed by atoms with Gasteiger partial charge >= 0.3 is 0 Å². The van der Waals surface area contributed by atoms with Gasteiger partial charge in [-0.25, -0.2) is 4.98 Å². The van der Waals surface area contributed by atoms with Gasteiger partial charge in [0.25, 0.3) is 0 Å². The number of hydrogen-bond acceptors (Lipinski definition) is 5. The van der Waals surface area contributed by atoms with Crippen LogP contribution in [0.5, 0.6) is 5.75 Å². The summed E-state index contributed by atoms with van der Waals surface area (Å²) in [4.78, 5) is 9.57. The van der Waals surface area contributed by atoms with Crippen LogP contribution in [-0.2, 0) is 6.42 Å². The van der Waals surface area contributed by atoms with Gasteiger partial charge in [-0.2, -0.15) is 4.98 Å². The van der Waals surface area contributed by atoms with E-state index in [9.17, 15) is 0 Å². The Labute approximate surface area is 167 Å². The Morgan fingerprint density at radius 1 is 1.11 bits per heavy atom. The second-order valence-corrected chi connectivity index (χ2v) is 7.40. The molecule has 4 rings (SSSR count). The summed E-state index contributed by atoms with van der Waals surface area (Å²) in [6.45, 7) is 0. The van der Waals surface area contributed by atoms with Crippen molar-refractivity contribution >= 4 is 33.4 Å². The first kappa shape index (κ1) is 17.8. The first-order valence-corrected chi connectivity index (χ1v) is 9.73. The van der Waals surface area contributed by atoms with E-state index >= 15 is 0 Å². The highest BCUT2D eigenvalue weighted by Gasteiger charge is 2.29. The third kappa shape index (κ3) is 3.49. The number of rotatable bonds is 5. The Morgan fingerprint density at radius 3 is 2.67 bits per heavy atom. The summed E-state index contributed by atoms with van der Waals surface area (Å²) in [5.41, 5.74) is 4.43. The summed E-state index contributed by atoms with van der Waals surface area (Å²) in [6, 6.07) is 16.4. The predicted molar refractivity (Wildman–Crippen MR) is 112 cm³/mol. The number of hydrogen-bond donors (Lipinski definition) is 2. The Morgan fingerprint density at radius 2 is 1.93 bits per heavy atom. The number of anilines is 3. The van der Waals surface area contributed by atoms with Gasteiger partial charge in [0.15, 0.2) is 0 Å². The van der Waals surface area contributed by atoms with E-state index in [1.807, 2.05) is 31.3 Å². The molecule has 1 aromatic heterocycles. The molecule has 0 spiro atoms. The van der Waals surface area contributed by atoms with Crippen molar-refractivity contribution in [3.05, 3.63) is 69.8 Å². The molecule has 1 atom stereocenters. The average molecular weight is 425 g/mol. The lowest BCUT2D eigenvalue weighted by Crippen LogP contribution is -2.08. The molecule has 0 saturated heterocycles. The zero-order valence-electron chi connectivity index (χ0n) is 15.3. The Hall–Kier alpha value is -2.60. The van der Waals surface area contributed by atoms with Crippen molar-refractivity contribution in [1.29, 1.82) is 0 Å². The minimum Gasteiger partial charge on any atom is -0.495 e. The first-order valence-electron chi connectivity index (χ1n) is 8.93. The van der Waals surface area contributed by atoms with Gasteiger partial charge in [0, 0.05) is 23.0 Å². The van der Waals surface area contributed by atoms with Gasteiger partial charge in [-0.1, -0.05) is 46.3 Å². The van der Waals surface area contributed by atoms with Gasteiger partial charge in [0.1, 0.15) is 11.6 Å². The SMILES string of the molecule is CNc1nc(Nc2ccc(Br)cc2OC)nc2c1CCC2c1ccccc1. The quantitative estimate of drug-likeness (QED) is 0.595. The summed E-state index contributed by atoms with van der Waals surface area (Å²) >= 11 is 3.47. The van der Waals surface area contributed by atoms with Crippen molar-refractivity contribution in [3.8, 4) is 5.75 Å². The minimum atomic E-state index is 0.295. The summed E-state index contributed by atoms with van der Waals surface area (Å²) < 4.78 is 6.43. The molecule has 1 aliphatic carbocycles. The van der Waals surface area contributed by atoms with E-state index in [0.717, 1.165) is 40.3 Å². The maximum Gasteiger partial charge on any atom is 0.229 e. The predicted octanol–water partition coefficient (Wildman–Crippen LogP) is 5.11. The third-order valence-corrected chi connectivity index (χ3v) is 5.39. The maximum atomic E-state index is 5.47. The Bertz CT molecular complexity index is 962. The molecular weight excluding hydrogens is 404 g/mol. The number of methoxy groups -OCH3 is 1. The average Bonchev–Trinajstić information content (AvgIpc) is 3.13. The second-order valence-electron chi connectivity index (χ2n) is 6.48. The normalized spacial score (nSPS) is 15.3. The molecular formula is C21H21BrN4O. The highest BCUT2D eigenvalue weighted by Crippen LogP contribution is 2.40.